The Balaban J connectivity index is 1.57. The van der Waals surface area contributed by atoms with E-state index in [1.165, 1.54) is 11.1 Å². The average Bonchev–Trinajstić information content (AvgIpc) is 2.62. The molecule has 1 aliphatic heterocycles. The molecule has 1 aliphatic rings. The van der Waals surface area contributed by atoms with Gasteiger partial charge in [-0.3, -0.25) is 9.69 Å². The van der Waals surface area contributed by atoms with Crippen molar-refractivity contribution in [3.8, 4) is 5.75 Å². The molecule has 1 heterocycles. The van der Waals surface area contributed by atoms with Gasteiger partial charge >= 0.3 is 0 Å². The van der Waals surface area contributed by atoms with Gasteiger partial charge in [0.1, 0.15) is 5.75 Å². The fraction of sp³-hybridized carbons (Fsp3) is 0.350. The van der Waals surface area contributed by atoms with Crippen LogP contribution in [0.4, 0.5) is 0 Å². The lowest BCUT2D eigenvalue weighted by molar-refractivity contribution is 0.0628. The first-order valence-electron chi connectivity index (χ1n) is 8.37. The third-order valence-corrected chi connectivity index (χ3v) is 4.46. The van der Waals surface area contributed by atoms with Crippen molar-refractivity contribution in [1.29, 1.82) is 0 Å². The minimum atomic E-state index is 0.0871. The molecule has 0 aromatic heterocycles. The maximum Gasteiger partial charge on any atom is 0.254 e. The lowest BCUT2D eigenvalue weighted by atomic mass is 10.1. The Morgan fingerprint density at radius 1 is 1.04 bits per heavy atom. The van der Waals surface area contributed by atoms with Crippen LogP contribution in [0.3, 0.4) is 0 Å². The molecule has 0 aliphatic carbocycles. The van der Waals surface area contributed by atoms with E-state index >= 15 is 0 Å². The Hall–Kier alpha value is -2.33. The topological polar surface area (TPSA) is 32.8 Å². The molecule has 0 N–H and O–H groups in total. The summed E-state index contributed by atoms with van der Waals surface area (Å²) in [5, 5.41) is 0. The summed E-state index contributed by atoms with van der Waals surface area (Å²) in [5.41, 5.74) is 3.32. The monoisotopic (exact) mass is 324 g/mol. The largest absolute Gasteiger partial charge is 0.497 e. The molecule has 126 valence electrons. The Bertz CT molecular complexity index is 706. The van der Waals surface area contributed by atoms with Gasteiger partial charge in [0.2, 0.25) is 0 Å². The molecule has 2 aromatic rings. The maximum absolute atomic E-state index is 12.6. The van der Waals surface area contributed by atoms with Crippen molar-refractivity contribution < 1.29 is 9.53 Å². The zero-order valence-corrected chi connectivity index (χ0v) is 14.4. The van der Waals surface area contributed by atoms with Gasteiger partial charge in [0.15, 0.2) is 0 Å². The average molecular weight is 324 g/mol. The number of carbonyl (C=O) groups excluding carboxylic acids is 1. The van der Waals surface area contributed by atoms with Crippen molar-refractivity contribution in [1.82, 2.24) is 9.80 Å². The van der Waals surface area contributed by atoms with E-state index in [0.717, 1.165) is 38.5 Å². The molecule has 0 atom stereocenters. The van der Waals surface area contributed by atoms with Crippen molar-refractivity contribution in [3.05, 3.63) is 65.2 Å². The second-order valence-electron chi connectivity index (χ2n) is 6.29. The number of hydrogen-bond acceptors (Lipinski definition) is 3. The number of amides is 1. The van der Waals surface area contributed by atoms with Crippen LogP contribution in [0, 0.1) is 6.92 Å². The van der Waals surface area contributed by atoms with Gasteiger partial charge in [0.05, 0.1) is 7.11 Å². The molecule has 1 saturated heterocycles. The predicted octanol–water partition coefficient (Wildman–Crippen LogP) is 2.96. The maximum atomic E-state index is 12.6. The van der Waals surface area contributed by atoms with Crippen LogP contribution in [0.25, 0.3) is 0 Å². The fourth-order valence-electron chi connectivity index (χ4n) is 3.12. The molecule has 1 fully saturated rings. The molecule has 0 unspecified atom stereocenters. The lowest BCUT2D eigenvalue weighted by Gasteiger charge is -2.34. The molecule has 0 spiro atoms. The Labute approximate surface area is 143 Å². The first-order chi connectivity index (χ1) is 11.7. The standard InChI is InChI=1S/C20H24N2O2/c1-16-5-3-6-17(13-16)15-21-9-11-22(12-10-21)20(23)18-7-4-8-19(14-18)24-2/h3-8,13-14H,9-12,15H2,1-2H3. The second kappa shape index (κ2) is 7.49. The molecule has 2 aromatic carbocycles. The van der Waals surface area contributed by atoms with Gasteiger partial charge < -0.3 is 9.64 Å². The molecule has 1 amide bonds. The molecule has 24 heavy (non-hydrogen) atoms. The number of aryl methyl sites for hydroxylation is 1. The Morgan fingerprint density at radius 3 is 2.50 bits per heavy atom. The number of hydrogen-bond donors (Lipinski definition) is 0. The zero-order chi connectivity index (χ0) is 16.9. The molecule has 0 bridgehead atoms. The highest BCUT2D eigenvalue weighted by molar-refractivity contribution is 5.94. The van der Waals surface area contributed by atoms with E-state index in [2.05, 4.69) is 36.1 Å². The van der Waals surface area contributed by atoms with E-state index in [9.17, 15) is 4.79 Å². The van der Waals surface area contributed by atoms with Crippen LogP contribution in [0.5, 0.6) is 5.75 Å². The minimum absolute atomic E-state index is 0.0871. The van der Waals surface area contributed by atoms with Crippen molar-refractivity contribution in [2.75, 3.05) is 33.3 Å². The van der Waals surface area contributed by atoms with Gasteiger partial charge in [0.25, 0.3) is 5.91 Å². The van der Waals surface area contributed by atoms with Crippen LogP contribution in [-0.4, -0.2) is 49.0 Å². The zero-order valence-electron chi connectivity index (χ0n) is 14.4. The highest BCUT2D eigenvalue weighted by Crippen LogP contribution is 2.16. The number of ether oxygens (including phenoxy) is 1. The summed E-state index contributed by atoms with van der Waals surface area (Å²) >= 11 is 0. The van der Waals surface area contributed by atoms with Gasteiger partial charge in [-0.1, -0.05) is 35.9 Å². The third-order valence-electron chi connectivity index (χ3n) is 4.46. The van der Waals surface area contributed by atoms with Gasteiger partial charge in [-0.05, 0) is 30.7 Å². The van der Waals surface area contributed by atoms with Crippen LogP contribution >= 0.6 is 0 Å². The van der Waals surface area contributed by atoms with Crippen molar-refractivity contribution in [3.63, 3.8) is 0 Å². The number of methoxy groups -OCH3 is 1. The van der Waals surface area contributed by atoms with Gasteiger partial charge in [0, 0.05) is 38.3 Å². The van der Waals surface area contributed by atoms with E-state index in [4.69, 9.17) is 4.74 Å². The summed E-state index contributed by atoms with van der Waals surface area (Å²) in [6.07, 6.45) is 0. The summed E-state index contributed by atoms with van der Waals surface area (Å²) in [6.45, 7) is 6.41. The van der Waals surface area contributed by atoms with E-state index in [0.29, 0.717) is 5.56 Å². The van der Waals surface area contributed by atoms with Crippen LogP contribution in [0.1, 0.15) is 21.5 Å². The van der Waals surface area contributed by atoms with Crippen molar-refractivity contribution in [2.45, 2.75) is 13.5 Å². The van der Waals surface area contributed by atoms with E-state index in [-0.39, 0.29) is 5.91 Å². The molecule has 0 radical (unpaired) electrons. The number of piperazine rings is 1. The number of nitrogens with zero attached hydrogens (tertiary/aromatic N) is 2. The molecule has 3 rings (SSSR count). The highest BCUT2D eigenvalue weighted by Gasteiger charge is 2.22. The van der Waals surface area contributed by atoms with E-state index in [1.807, 2.05) is 23.1 Å². The minimum Gasteiger partial charge on any atom is -0.497 e. The predicted molar refractivity (Wildman–Crippen MR) is 95.4 cm³/mol. The number of carbonyl (C=O) groups is 1. The van der Waals surface area contributed by atoms with Crippen LogP contribution in [-0.2, 0) is 6.54 Å². The third kappa shape index (κ3) is 3.95. The Kier molecular flexibility index (Phi) is 5.16. The molecule has 4 nitrogen and oxygen atoms in total. The smallest absolute Gasteiger partial charge is 0.254 e. The summed E-state index contributed by atoms with van der Waals surface area (Å²) < 4.78 is 5.21. The quantitative estimate of drug-likeness (QED) is 0.867. The van der Waals surface area contributed by atoms with Gasteiger partial charge in [-0.15, -0.1) is 0 Å². The summed E-state index contributed by atoms with van der Waals surface area (Å²) in [6, 6.07) is 16.0. The fourth-order valence-corrected chi connectivity index (χ4v) is 3.12. The number of benzene rings is 2. The van der Waals surface area contributed by atoms with Crippen molar-refractivity contribution in [2.24, 2.45) is 0 Å². The van der Waals surface area contributed by atoms with Crippen LogP contribution < -0.4 is 4.74 Å². The first-order valence-corrected chi connectivity index (χ1v) is 8.37. The summed E-state index contributed by atoms with van der Waals surface area (Å²) in [7, 11) is 1.62. The lowest BCUT2D eigenvalue weighted by Crippen LogP contribution is -2.48. The molecule has 4 heteroatoms. The SMILES string of the molecule is COc1cccc(C(=O)N2CCN(Cc3cccc(C)c3)CC2)c1. The molecular weight excluding hydrogens is 300 g/mol. The summed E-state index contributed by atoms with van der Waals surface area (Å²) in [4.78, 5) is 17.0. The number of rotatable bonds is 4. The van der Waals surface area contributed by atoms with Gasteiger partial charge in [-0.2, -0.15) is 0 Å². The summed E-state index contributed by atoms with van der Waals surface area (Å²) in [5.74, 6) is 0.808. The highest BCUT2D eigenvalue weighted by atomic mass is 16.5. The van der Waals surface area contributed by atoms with E-state index in [1.54, 1.807) is 13.2 Å². The van der Waals surface area contributed by atoms with Gasteiger partial charge in [-0.25, -0.2) is 0 Å². The van der Waals surface area contributed by atoms with Crippen molar-refractivity contribution >= 4 is 5.91 Å². The first kappa shape index (κ1) is 16.5. The molecular formula is C20H24N2O2. The second-order valence-corrected chi connectivity index (χ2v) is 6.29. The van der Waals surface area contributed by atoms with Crippen LogP contribution in [0.2, 0.25) is 0 Å². The van der Waals surface area contributed by atoms with E-state index < -0.39 is 0 Å². The Morgan fingerprint density at radius 2 is 1.79 bits per heavy atom. The normalized spacial score (nSPS) is 15.3. The molecule has 0 saturated carbocycles. The van der Waals surface area contributed by atoms with Crippen LogP contribution in [0.15, 0.2) is 48.5 Å².